The van der Waals surface area contributed by atoms with E-state index in [0.717, 1.165) is 5.69 Å². The summed E-state index contributed by atoms with van der Waals surface area (Å²) in [7, 11) is 1.78. The molecular formula is C10H8ClN3OS. The van der Waals surface area contributed by atoms with E-state index in [1.54, 1.807) is 35.5 Å². The predicted octanol–water partition coefficient (Wildman–Crippen LogP) is 2.43. The molecule has 2 heterocycles. The van der Waals surface area contributed by atoms with Gasteiger partial charge in [0.15, 0.2) is 5.01 Å². The highest BCUT2D eigenvalue weighted by Gasteiger charge is 2.05. The van der Waals surface area contributed by atoms with E-state index in [1.165, 1.54) is 17.4 Å². The number of ketones is 1. The molecule has 0 unspecified atom stereocenters. The van der Waals surface area contributed by atoms with Gasteiger partial charge in [-0.1, -0.05) is 0 Å². The molecule has 0 bridgehead atoms. The summed E-state index contributed by atoms with van der Waals surface area (Å²) in [6.45, 7) is 0. The lowest BCUT2D eigenvalue weighted by Gasteiger charge is -1.95. The smallest absolute Gasteiger partial charge is 0.214 e. The quantitative estimate of drug-likeness (QED) is 0.624. The third-order valence-electron chi connectivity index (χ3n) is 2.02. The molecule has 4 nitrogen and oxygen atoms in total. The fourth-order valence-corrected chi connectivity index (χ4v) is 1.83. The van der Waals surface area contributed by atoms with E-state index in [2.05, 4.69) is 9.97 Å². The van der Waals surface area contributed by atoms with E-state index in [0.29, 0.717) is 10.3 Å². The number of imidazole rings is 1. The zero-order valence-electron chi connectivity index (χ0n) is 8.42. The summed E-state index contributed by atoms with van der Waals surface area (Å²) in [4.78, 5) is 19.4. The molecule has 2 aromatic heterocycles. The number of rotatable bonds is 3. The Morgan fingerprint density at radius 1 is 1.56 bits per heavy atom. The van der Waals surface area contributed by atoms with Crippen LogP contribution in [0.1, 0.15) is 15.5 Å². The van der Waals surface area contributed by atoms with Crippen molar-refractivity contribution < 1.29 is 4.79 Å². The summed E-state index contributed by atoms with van der Waals surface area (Å²) in [5.74, 6) is -0.118. The van der Waals surface area contributed by atoms with Crippen molar-refractivity contribution in [1.29, 1.82) is 0 Å². The van der Waals surface area contributed by atoms with Gasteiger partial charge in [0, 0.05) is 18.6 Å². The van der Waals surface area contributed by atoms with Gasteiger partial charge in [-0.15, -0.1) is 11.3 Å². The van der Waals surface area contributed by atoms with Crippen LogP contribution in [0.4, 0.5) is 0 Å². The lowest BCUT2D eigenvalue weighted by molar-refractivity contribution is 0.104. The molecule has 0 aliphatic carbocycles. The molecule has 2 rings (SSSR count). The monoisotopic (exact) mass is 253 g/mol. The molecule has 0 saturated carbocycles. The minimum absolute atomic E-state index is 0.118. The minimum Gasteiger partial charge on any atom is -0.318 e. The van der Waals surface area contributed by atoms with Crippen LogP contribution in [0.25, 0.3) is 6.08 Å². The van der Waals surface area contributed by atoms with Gasteiger partial charge in [-0.05, 0) is 23.8 Å². The van der Waals surface area contributed by atoms with Gasteiger partial charge in [0.2, 0.25) is 11.1 Å². The predicted molar refractivity (Wildman–Crippen MR) is 63.7 cm³/mol. The third-order valence-corrected chi connectivity index (χ3v) is 3.15. The van der Waals surface area contributed by atoms with Crippen molar-refractivity contribution >= 4 is 34.8 Å². The maximum Gasteiger partial charge on any atom is 0.214 e. The summed E-state index contributed by atoms with van der Waals surface area (Å²) < 4.78 is 1.69. The number of thiazole rings is 1. The van der Waals surface area contributed by atoms with Crippen LogP contribution < -0.4 is 0 Å². The fourth-order valence-electron chi connectivity index (χ4n) is 1.13. The van der Waals surface area contributed by atoms with E-state index in [1.807, 2.05) is 0 Å². The third kappa shape index (κ3) is 2.20. The van der Waals surface area contributed by atoms with Crippen molar-refractivity contribution in [2.24, 2.45) is 7.05 Å². The fraction of sp³-hybridized carbons (Fsp3) is 0.100. The van der Waals surface area contributed by atoms with E-state index in [4.69, 9.17) is 11.6 Å². The molecule has 82 valence electrons. The first-order chi connectivity index (χ1) is 7.68. The van der Waals surface area contributed by atoms with Crippen molar-refractivity contribution in [3.8, 4) is 0 Å². The number of carbonyl (C=O) groups excluding carboxylic acids is 1. The number of carbonyl (C=O) groups is 1. The van der Waals surface area contributed by atoms with Crippen molar-refractivity contribution in [2.45, 2.75) is 0 Å². The van der Waals surface area contributed by atoms with Crippen molar-refractivity contribution in [3.63, 3.8) is 0 Å². The van der Waals surface area contributed by atoms with Crippen LogP contribution in [-0.4, -0.2) is 20.3 Å². The molecule has 16 heavy (non-hydrogen) atoms. The van der Waals surface area contributed by atoms with Crippen LogP contribution in [-0.2, 0) is 7.05 Å². The largest absolute Gasteiger partial charge is 0.318 e. The van der Waals surface area contributed by atoms with Crippen molar-refractivity contribution in [1.82, 2.24) is 14.5 Å². The highest BCUT2D eigenvalue weighted by atomic mass is 35.5. The Balaban J connectivity index is 2.16. The Hall–Kier alpha value is -1.46. The Morgan fingerprint density at radius 3 is 2.94 bits per heavy atom. The molecule has 0 amide bonds. The molecule has 2 aromatic rings. The Morgan fingerprint density at radius 2 is 2.38 bits per heavy atom. The van der Waals surface area contributed by atoms with Crippen LogP contribution in [0.3, 0.4) is 0 Å². The molecule has 0 aliphatic rings. The highest BCUT2D eigenvalue weighted by Crippen LogP contribution is 2.11. The second-order valence-electron chi connectivity index (χ2n) is 3.05. The normalized spacial score (nSPS) is 11.1. The summed E-state index contributed by atoms with van der Waals surface area (Å²) >= 11 is 7.08. The summed E-state index contributed by atoms with van der Waals surface area (Å²) in [6.07, 6.45) is 6.34. The highest BCUT2D eigenvalue weighted by molar-refractivity contribution is 7.11. The molecule has 0 fully saturated rings. The Bertz CT molecular complexity index is 530. The molecule has 0 aromatic carbocycles. The Labute approximate surface area is 101 Å². The molecule has 0 aliphatic heterocycles. The number of hydrogen-bond donors (Lipinski definition) is 0. The average molecular weight is 254 g/mol. The molecule has 0 radical (unpaired) electrons. The first kappa shape index (κ1) is 11.0. The minimum atomic E-state index is -0.118. The SMILES string of the molecule is Cn1c(/C=C/C(=O)c2nccs2)cnc1Cl. The first-order valence-electron chi connectivity index (χ1n) is 4.47. The van der Waals surface area contributed by atoms with Gasteiger partial charge in [0.05, 0.1) is 11.9 Å². The van der Waals surface area contributed by atoms with E-state index in [-0.39, 0.29) is 5.78 Å². The van der Waals surface area contributed by atoms with Gasteiger partial charge in [-0.2, -0.15) is 0 Å². The number of halogens is 1. The molecule has 0 atom stereocenters. The van der Waals surface area contributed by atoms with E-state index < -0.39 is 0 Å². The van der Waals surface area contributed by atoms with Crippen LogP contribution in [0, 0.1) is 0 Å². The van der Waals surface area contributed by atoms with Gasteiger partial charge < -0.3 is 4.57 Å². The number of aromatic nitrogens is 3. The molecule has 0 spiro atoms. The second-order valence-corrected chi connectivity index (χ2v) is 4.28. The maximum absolute atomic E-state index is 11.6. The number of allylic oxidation sites excluding steroid dienone is 1. The molecule has 0 N–H and O–H groups in total. The van der Waals surface area contributed by atoms with E-state index in [9.17, 15) is 4.79 Å². The average Bonchev–Trinajstić information content (AvgIpc) is 2.89. The maximum atomic E-state index is 11.6. The van der Waals surface area contributed by atoms with Crippen LogP contribution >= 0.6 is 22.9 Å². The van der Waals surface area contributed by atoms with Gasteiger partial charge >= 0.3 is 0 Å². The Kier molecular flexibility index (Phi) is 3.17. The lowest BCUT2D eigenvalue weighted by Crippen LogP contribution is -1.94. The summed E-state index contributed by atoms with van der Waals surface area (Å²) in [6, 6.07) is 0. The molecule has 6 heteroatoms. The lowest BCUT2D eigenvalue weighted by atomic mass is 10.3. The summed E-state index contributed by atoms with van der Waals surface area (Å²) in [5.41, 5.74) is 0.773. The van der Waals surface area contributed by atoms with Gasteiger partial charge in [0.1, 0.15) is 0 Å². The standard InChI is InChI=1S/C10H8ClN3OS/c1-14-7(6-13-10(14)11)2-3-8(15)9-12-4-5-16-9/h2-6H,1H3/b3-2+. The van der Waals surface area contributed by atoms with E-state index >= 15 is 0 Å². The van der Waals surface area contributed by atoms with Crippen LogP contribution in [0.15, 0.2) is 23.8 Å². The van der Waals surface area contributed by atoms with Gasteiger partial charge in [-0.3, -0.25) is 4.79 Å². The number of nitrogens with zero attached hydrogens (tertiary/aromatic N) is 3. The van der Waals surface area contributed by atoms with Crippen LogP contribution in [0.5, 0.6) is 0 Å². The zero-order chi connectivity index (χ0) is 11.5. The number of hydrogen-bond acceptors (Lipinski definition) is 4. The first-order valence-corrected chi connectivity index (χ1v) is 5.73. The zero-order valence-corrected chi connectivity index (χ0v) is 10.00. The van der Waals surface area contributed by atoms with Crippen molar-refractivity contribution in [3.05, 3.63) is 39.8 Å². The molecule has 0 saturated heterocycles. The topological polar surface area (TPSA) is 47.8 Å². The van der Waals surface area contributed by atoms with Crippen LogP contribution in [0.2, 0.25) is 5.28 Å². The van der Waals surface area contributed by atoms with Gasteiger partial charge in [-0.25, -0.2) is 9.97 Å². The van der Waals surface area contributed by atoms with Crippen molar-refractivity contribution in [2.75, 3.05) is 0 Å². The molecular weight excluding hydrogens is 246 g/mol. The van der Waals surface area contributed by atoms with Gasteiger partial charge in [0.25, 0.3) is 0 Å². The second kappa shape index (κ2) is 4.59. The summed E-state index contributed by atoms with van der Waals surface area (Å²) in [5, 5.41) is 2.63.